The predicted molar refractivity (Wildman–Crippen MR) is 72.0 cm³/mol. The molecule has 0 rings (SSSR count). The van der Waals surface area contributed by atoms with Crippen LogP contribution in [0.4, 0.5) is 0 Å². The van der Waals surface area contributed by atoms with Gasteiger partial charge < -0.3 is 5.11 Å². The second kappa shape index (κ2) is 7.74. The summed E-state index contributed by atoms with van der Waals surface area (Å²) in [5, 5.41) is 8.46. The fourth-order valence-corrected chi connectivity index (χ4v) is 2.74. The molecular formula is C12H25NO4S. The van der Waals surface area contributed by atoms with Crippen LogP contribution in [0.3, 0.4) is 0 Å². The maximum atomic E-state index is 11.5. The number of rotatable bonds is 10. The summed E-state index contributed by atoms with van der Waals surface area (Å²) in [6, 6.07) is 0. The fourth-order valence-electron chi connectivity index (χ4n) is 1.54. The number of nitrogens with one attached hydrogen (secondary N) is 1. The number of carboxylic acid groups (broad SMARTS) is 1. The van der Waals surface area contributed by atoms with Gasteiger partial charge >= 0.3 is 5.97 Å². The number of carbonyl (C=O) groups is 1. The van der Waals surface area contributed by atoms with E-state index >= 15 is 0 Å². The molecule has 0 aromatic rings. The maximum absolute atomic E-state index is 11.5. The summed E-state index contributed by atoms with van der Waals surface area (Å²) in [5.41, 5.74) is -0.0918. The number of aliphatic carboxylic acids is 1. The van der Waals surface area contributed by atoms with Crippen molar-refractivity contribution in [1.82, 2.24) is 4.72 Å². The molecule has 0 aliphatic carbocycles. The molecule has 0 atom stereocenters. The van der Waals surface area contributed by atoms with Gasteiger partial charge in [0.05, 0.1) is 12.2 Å². The molecular weight excluding hydrogens is 254 g/mol. The third-order valence-electron chi connectivity index (χ3n) is 2.81. The highest BCUT2D eigenvalue weighted by Gasteiger charge is 2.21. The standard InChI is InChI=1S/C12H25NO4S/c1-4-5-6-8-12(2,3)10-13-18(16,17)9-7-11(14)15/h13H,4-10H2,1-3H3,(H,14,15). The lowest BCUT2D eigenvalue weighted by molar-refractivity contribution is -0.136. The maximum Gasteiger partial charge on any atom is 0.304 e. The minimum absolute atomic E-state index is 0.0918. The SMILES string of the molecule is CCCCCC(C)(C)CNS(=O)(=O)CCC(=O)O. The van der Waals surface area contributed by atoms with Crippen molar-refractivity contribution in [2.45, 2.75) is 52.9 Å². The average Bonchev–Trinajstić information content (AvgIpc) is 2.25. The molecule has 0 unspecified atom stereocenters. The Kier molecular flexibility index (Phi) is 7.47. The van der Waals surface area contributed by atoms with Gasteiger partial charge in [-0.15, -0.1) is 0 Å². The first-order chi connectivity index (χ1) is 8.18. The molecule has 0 amide bonds. The van der Waals surface area contributed by atoms with E-state index in [1.165, 1.54) is 0 Å². The molecule has 0 bridgehead atoms. The van der Waals surface area contributed by atoms with Gasteiger partial charge in [0.25, 0.3) is 0 Å². The van der Waals surface area contributed by atoms with E-state index in [2.05, 4.69) is 11.6 Å². The number of unbranched alkanes of at least 4 members (excludes halogenated alkanes) is 2. The lowest BCUT2D eigenvalue weighted by Gasteiger charge is -2.24. The molecule has 6 heteroatoms. The van der Waals surface area contributed by atoms with Crippen molar-refractivity contribution in [2.24, 2.45) is 5.41 Å². The quantitative estimate of drug-likeness (QED) is 0.599. The van der Waals surface area contributed by atoms with Gasteiger partial charge in [-0.3, -0.25) is 4.79 Å². The minimum Gasteiger partial charge on any atom is -0.481 e. The Labute approximate surface area is 110 Å². The summed E-state index contributed by atoms with van der Waals surface area (Å²) in [5.74, 6) is -1.45. The highest BCUT2D eigenvalue weighted by atomic mass is 32.2. The van der Waals surface area contributed by atoms with Gasteiger partial charge in [-0.2, -0.15) is 0 Å². The van der Waals surface area contributed by atoms with Crippen LogP contribution < -0.4 is 4.72 Å². The summed E-state index contributed by atoms with van der Waals surface area (Å²) in [6.07, 6.45) is 3.98. The molecule has 2 N–H and O–H groups in total. The number of sulfonamides is 1. The van der Waals surface area contributed by atoms with E-state index in [4.69, 9.17) is 5.11 Å². The zero-order chi connectivity index (χ0) is 14.2. The normalized spacial score (nSPS) is 12.6. The fraction of sp³-hybridized carbons (Fsp3) is 0.917. The third-order valence-corrected chi connectivity index (χ3v) is 4.14. The van der Waals surface area contributed by atoms with Gasteiger partial charge in [0, 0.05) is 6.54 Å². The Balaban J connectivity index is 4.08. The van der Waals surface area contributed by atoms with Crippen LogP contribution in [-0.4, -0.2) is 31.8 Å². The smallest absolute Gasteiger partial charge is 0.304 e. The van der Waals surface area contributed by atoms with Crippen LogP contribution in [0, 0.1) is 5.41 Å². The number of hydrogen-bond donors (Lipinski definition) is 2. The van der Waals surface area contributed by atoms with Crippen molar-refractivity contribution >= 4 is 16.0 Å². The molecule has 0 saturated carbocycles. The van der Waals surface area contributed by atoms with Crippen molar-refractivity contribution < 1.29 is 18.3 Å². The van der Waals surface area contributed by atoms with Crippen molar-refractivity contribution in [3.63, 3.8) is 0 Å². The Bertz CT molecular complexity index is 349. The molecule has 0 radical (unpaired) electrons. The Morgan fingerprint density at radius 3 is 2.39 bits per heavy atom. The minimum atomic E-state index is -3.47. The molecule has 0 heterocycles. The highest BCUT2D eigenvalue weighted by Crippen LogP contribution is 2.22. The monoisotopic (exact) mass is 279 g/mol. The molecule has 0 aliphatic heterocycles. The lowest BCUT2D eigenvalue weighted by Crippen LogP contribution is -2.35. The second-order valence-electron chi connectivity index (χ2n) is 5.41. The van der Waals surface area contributed by atoms with Gasteiger partial charge in [0.15, 0.2) is 0 Å². The molecule has 0 saturated heterocycles. The molecule has 0 fully saturated rings. The van der Waals surface area contributed by atoms with E-state index in [0.29, 0.717) is 6.54 Å². The molecule has 0 aromatic carbocycles. The predicted octanol–water partition coefficient (Wildman–Crippen LogP) is 1.99. The van der Waals surface area contributed by atoms with Crippen LogP contribution >= 0.6 is 0 Å². The lowest BCUT2D eigenvalue weighted by atomic mass is 9.87. The summed E-state index contributed by atoms with van der Waals surface area (Å²) in [4.78, 5) is 10.3. The van der Waals surface area contributed by atoms with Crippen molar-refractivity contribution in [2.75, 3.05) is 12.3 Å². The van der Waals surface area contributed by atoms with Gasteiger partial charge in [-0.1, -0.05) is 40.0 Å². The van der Waals surface area contributed by atoms with Crippen LogP contribution in [0.25, 0.3) is 0 Å². The summed E-state index contributed by atoms with van der Waals surface area (Å²) in [6.45, 7) is 6.52. The van der Waals surface area contributed by atoms with Crippen LogP contribution in [0.2, 0.25) is 0 Å². The zero-order valence-electron chi connectivity index (χ0n) is 11.5. The van der Waals surface area contributed by atoms with Crippen LogP contribution in [0.5, 0.6) is 0 Å². The Hall–Kier alpha value is -0.620. The summed E-state index contributed by atoms with van der Waals surface area (Å²) < 4.78 is 25.6. The molecule has 0 aromatic heterocycles. The van der Waals surface area contributed by atoms with E-state index < -0.39 is 16.0 Å². The van der Waals surface area contributed by atoms with E-state index in [9.17, 15) is 13.2 Å². The largest absolute Gasteiger partial charge is 0.481 e. The van der Waals surface area contributed by atoms with Crippen LogP contribution in [-0.2, 0) is 14.8 Å². The van der Waals surface area contributed by atoms with E-state index in [0.717, 1.165) is 25.7 Å². The van der Waals surface area contributed by atoms with Crippen molar-refractivity contribution in [1.29, 1.82) is 0 Å². The first-order valence-electron chi connectivity index (χ1n) is 6.38. The Morgan fingerprint density at radius 2 is 1.89 bits per heavy atom. The molecule has 0 spiro atoms. The van der Waals surface area contributed by atoms with Gasteiger partial charge in [-0.05, 0) is 11.8 Å². The summed E-state index contributed by atoms with van der Waals surface area (Å²) >= 11 is 0. The summed E-state index contributed by atoms with van der Waals surface area (Å²) in [7, 11) is -3.47. The molecule has 18 heavy (non-hydrogen) atoms. The highest BCUT2D eigenvalue weighted by molar-refractivity contribution is 7.89. The average molecular weight is 279 g/mol. The molecule has 108 valence electrons. The van der Waals surface area contributed by atoms with Gasteiger partial charge in [0.2, 0.25) is 10.0 Å². The molecule has 0 aliphatic rings. The van der Waals surface area contributed by atoms with E-state index in [-0.39, 0.29) is 17.6 Å². The van der Waals surface area contributed by atoms with Gasteiger partial charge in [0.1, 0.15) is 0 Å². The second-order valence-corrected chi connectivity index (χ2v) is 7.33. The van der Waals surface area contributed by atoms with Crippen LogP contribution in [0.1, 0.15) is 52.9 Å². The Morgan fingerprint density at radius 1 is 1.28 bits per heavy atom. The molecule has 5 nitrogen and oxygen atoms in total. The van der Waals surface area contributed by atoms with Gasteiger partial charge in [-0.25, -0.2) is 13.1 Å². The number of hydrogen-bond acceptors (Lipinski definition) is 3. The first-order valence-corrected chi connectivity index (χ1v) is 8.03. The van der Waals surface area contributed by atoms with E-state index in [1.807, 2.05) is 13.8 Å². The third kappa shape index (κ3) is 9.41. The van der Waals surface area contributed by atoms with Crippen molar-refractivity contribution in [3.8, 4) is 0 Å². The first kappa shape index (κ1) is 17.4. The zero-order valence-corrected chi connectivity index (χ0v) is 12.3. The van der Waals surface area contributed by atoms with Crippen LogP contribution in [0.15, 0.2) is 0 Å². The number of carboxylic acids is 1. The topological polar surface area (TPSA) is 83.5 Å². The van der Waals surface area contributed by atoms with Crippen molar-refractivity contribution in [3.05, 3.63) is 0 Å². The van der Waals surface area contributed by atoms with E-state index in [1.54, 1.807) is 0 Å².